The van der Waals surface area contributed by atoms with Gasteiger partial charge in [0, 0.05) is 24.0 Å². The highest BCUT2D eigenvalue weighted by molar-refractivity contribution is 7.14. The van der Waals surface area contributed by atoms with Crippen LogP contribution in [0.3, 0.4) is 0 Å². The van der Waals surface area contributed by atoms with Crippen molar-refractivity contribution in [3.8, 4) is 0 Å². The number of amides is 1. The van der Waals surface area contributed by atoms with Crippen LogP contribution in [0.2, 0.25) is 0 Å². The zero-order valence-corrected chi connectivity index (χ0v) is 14.9. The van der Waals surface area contributed by atoms with Crippen LogP contribution in [0, 0.1) is 0 Å². The number of hydrogen-bond acceptors (Lipinski definition) is 3. The van der Waals surface area contributed by atoms with Gasteiger partial charge in [-0.15, -0.1) is 11.3 Å². The van der Waals surface area contributed by atoms with Crippen LogP contribution in [0.1, 0.15) is 61.0 Å². The molecule has 2 fully saturated rings. The number of thiophene rings is 1. The summed E-state index contributed by atoms with van der Waals surface area (Å²) < 4.78 is 0. The molecule has 4 heteroatoms. The molecule has 1 amide bonds. The zero-order chi connectivity index (χ0) is 15.7. The number of piperidine rings is 1. The molecule has 2 saturated heterocycles. The predicted octanol–water partition coefficient (Wildman–Crippen LogP) is 3.75. The highest BCUT2D eigenvalue weighted by atomic mass is 32.1. The van der Waals surface area contributed by atoms with Crippen molar-refractivity contribution in [1.82, 2.24) is 9.80 Å². The molecule has 1 aromatic rings. The number of hydrogen-bond donors (Lipinski definition) is 0. The van der Waals surface area contributed by atoms with Gasteiger partial charge in [0.1, 0.15) is 0 Å². The number of nitrogens with zero attached hydrogens (tertiary/aromatic N) is 2. The summed E-state index contributed by atoms with van der Waals surface area (Å²) in [6.45, 7) is 11.0. The summed E-state index contributed by atoms with van der Waals surface area (Å²) in [7, 11) is 0. The van der Waals surface area contributed by atoms with Crippen molar-refractivity contribution in [2.75, 3.05) is 26.2 Å². The van der Waals surface area contributed by atoms with E-state index in [1.165, 1.54) is 30.8 Å². The molecule has 2 aliphatic rings. The molecule has 0 aliphatic carbocycles. The third kappa shape index (κ3) is 3.38. The van der Waals surface area contributed by atoms with Gasteiger partial charge < -0.3 is 9.80 Å². The lowest BCUT2D eigenvalue weighted by Crippen LogP contribution is -2.45. The van der Waals surface area contributed by atoms with Crippen LogP contribution < -0.4 is 0 Å². The van der Waals surface area contributed by atoms with Gasteiger partial charge in [-0.2, -0.15) is 0 Å². The van der Waals surface area contributed by atoms with E-state index in [1.807, 2.05) is 6.07 Å². The zero-order valence-electron chi connectivity index (χ0n) is 14.1. The molecule has 2 aliphatic heterocycles. The van der Waals surface area contributed by atoms with Gasteiger partial charge >= 0.3 is 0 Å². The van der Waals surface area contributed by atoms with Crippen LogP contribution in [0.5, 0.6) is 0 Å². The predicted molar refractivity (Wildman–Crippen MR) is 92.8 cm³/mol. The largest absolute Gasteiger partial charge is 0.338 e. The molecule has 22 heavy (non-hydrogen) atoms. The Morgan fingerprint density at radius 1 is 1.09 bits per heavy atom. The molecule has 3 nitrogen and oxygen atoms in total. The Hall–Kier alpha value is -0.870. The molecule has 1 aromatic heterocycles. The van der Waals surface area contributed by atoms with E-state index >= 15 is 0 Å². The van der Waals surface area contributed by atoms with Crippen molar-refractivity contribution >= 4 is 17.2 Å². The van der Waals surface area contributed by atoms with Crippen LogP contribution in [0.4, 0.5) is 0 Å². The molecular weight excluding hydrogens is 292 g/mol. The minimum atomic E-state index is 0.131. The summed E-state index contributed by atoms with van der Waals surface area (Å²) >= 11 is 1.67. The SMILES string of the molecule is CC(C)(C)c1ccc(C(=O)N2CCC(N3CCCC3)CC2)s1. The van der Waals surface area contributed by atoms with E-state index in [0.29, 0.717) is 6.04 Å². The normalized spacial score (nSPS) is 21.5. The molecule has 3 rings (SSSR count). The first kappa shape index (κ1) is 16.0. The van der Waals surface area contributed by atoms with Crippen LogP contribution in [0.15, 0.2) is 12.1 Å². The van der Waals surface area contributed by atoms with E-state index in [-0.39, 0.29) is 11.3 Å². The van der Waals surface area contributed by atoms with Gasteiger partial charge in [-0.3, -0.25) is 4.79 Å². The Labute approximate surface area is 138 Å². The summed E-state index contributed by atoms with van der Waals surface area (Å²) in [5, 5.41) is 0. The maximum atomic E-state index is 12.7. The first-order valence-electron chi connectivity index (χ1n) is 8.59. The second-order valence-corrected chi connectivity index (χ2v) is 8.76. The average molecular weight is 321 g/mol. The van der Waals surface area contributed by atoms with Crippen LogP contribution in [0.25, 0.3) is 0 Å². The fourth-order valence-corrected chi connectivity index (χ4v) is 4.58. The highest BCUT2D eigenvalue weighted by Gasteiger charge is 2.29. The smallest absolute Gasteiger partial charge is 0.263 e. The van der Waals surface area contributed by atoms with Crippen molar-refractivity contribution in [2.45, 2.75) is 57.9 Å². The molecule has 3 heterocycles. The van der Waals surface area contributed by atoms with Gasteiger partial charge in [-0.05, 0) is 56.3 Å². The standard InChI is InChI=1S/C18H28N2OS/c1-18(2,3)16-7-6-15(22-16)17(21)20-12-8-14(9-13-20)19-10-4-5-11-19/h6-7,14H,4-5,8-13H2,1-3H3. The summed E-state index contributed by atoms with van der Waals surface area (Å²) in [4.78, 5) is 19.6. The third-order valence-corrected chi connectivity index (χ3v) is 6.46. The van der Waals surface area contributed by atoms with Crippen LogP contribution in [-0.4, -0.2) is 47.9 Å². The quantitative estimate of drug-likeness (QED) is 0.828. The van der Waals surface area contributed by atoms with E-state index in [9.17, 15) is 4.79 Å². The first-order chi connectivity index (χ1) is 10.4. The minimum Gasteiger partial charge on any atom is -0.338 e. The van der Waals surface area contributed by atoms with E-state index < -0.39 is 0 Å². The summed E-state index contributed by atoms with van der Waals surface area (Å²) in [5.41, 5.74) is 0.131. The Morgan fingerprint density at radius 2 is 1.73 bits per heavy atom. The molecule has 0 unspecified atom stereocenters. The van der Waals surface area contributed by atoms with E-state index in [2.05, 4.69) is 36.6 Å². The summed E-state index contributed by atoms with van der Waals surface area (Å²) in [6.07, 6.45) is 4.99. The number of likely N-dealkylation sites (tertiary alicyclic amines) is 2. The van der Waals surface area contributed by atoms with Gasteiger partial charge in [0.2, 0.25) is 0 Å². The van der Waals surface area contributed by atoms with Gasteiger partial charge in [-0.1, -0.05) is 20.8 Å². The summed E-state index contributed by atoms with van der Waals surface area (Å²) in [6, 6.07) is 4.84. The molecule has 0 bridgehead atoms. The van der Waals surface area contributed by atoms with Crippen molar-refractivity contribution < 1.29 is 4.79 Å². The third-order valence-electron chi connectivity index (χ3n) is 4.96. The Bertz CT molecular complexity index is 517. The van der Waals surface area contributed by atoms with Crippen molar-refractivity contribution in [2.24, 2.45) is 0 Å². The lowest BCUT2D eigenvalue weighted by atomic mass is 9.95. The molecule has 0 spiro atoms. The van der Waals surface area contributed by atoms with E-state index in [4.69, 9.17) is 0 Å². The van der Waals surface area contributed by atoms with Gasteiger partial charge in [0.25, 0.3) is 5.91 Å². The lowest BCUT2D eigenvalue weighted by molar-refractivity contribution is 0.0649. The van der Waals surface area contributed by atoms with Crippen LogP contribution in [-0.2, 0) is 5.41 Å². The molecular formula is C18H28N2OS. The second kappa shape index (κ2) is 6.32. The van der Waals surface area contributed by atoms with Crippen molar-refractivity contribution in [1.29, 1.82) is 0 Å². The molecule has 0 N–H and O–H groups in total. The molecule has 0 aromatic carbocycles. The van der Waals surface area contributed by atoms with Crippen molar-refractivity contribution in [3.05, 3.63) is 21.9 Å². The monoisotopic (exact) mass is 320 g/mol. The Balaban J connectivity index is 1.58. The number of carbonyl (C=O) groups is 1. The molecule has 0 atom stereocenters. The van der Waals surface area contributed by atoms with E-state index in [1.54, 1.807) is 11.3 Å². The topological polar surface area (TPSA) is 23.6 Å². The Morgan fingerprint density at radius 3 is 2.27 bits per heavy atom. The maximum Gasteiger partial charge on any atom is 0.263 e. The van der Waals surface area contributed by atoms with Gasteiger partial charge in [0.15, 0.2) is 0 Å². The van der Waals surface area contributed by atoms with Crippen molar-refractivity contribution in [3.63, 3.8) is 0 Å². The minimum absolute atomic E-state index is 0.131. The first-order valence-corrected chi connectivity index (χ1v) is 9.40. The van der Waals surface area contributed by atoms with Gasteiger partial charge in [0.05, 0.1) is 4.88 Å². The average Bonchev–Trinajstić information content (AvgIpc) is 3.17. The number of rotatable bonds is 2. The maximum absolute atomic E-state index is 12.7. The lowest BCUT2D eigenvalue weighted by Gasteiger charge is -2.36. The van der Waals surface area contributed by atoms with Gasteiger partial charge in [-0.25, -0.2) is 0 Å². The van der Waals surface area contributed by atoms with E-state index in [0.717, 1.165) is 30.8 Å². The summed E-state index contributed by atoms with van der Waals surface area (Å²) in [5.74, 6) is 0.236. The molecule has 0 saturated carbocycles. The number of carbonyl (C=O) groups excluding carboxylic acids is 1. The van der Waals surface area contributed by atoms with Crippen LogP contribution >= 0.6 is 11.3 Å². The molecule has 122 valence electrons. The second-order valence-electron chi connectivity index (χ2n) is 7.68. The fraction of sp³-hybridized carbons (Fsp3) is 0.722. The fourth-order valence-electron chi connectivity index (χ4n) is 3.55. The molecule has 0 radical (unpaired) electrons. The highest BCUT2D eigenvalue weighted by Crippen LogP contribution is 2.31. The Kier molecular flexibility index (Phi) is 4.60.